The molecule has 1 aromatic rings. The molecule has 2 rings (SSSR count). The second-order valence-electron chi connectivity index (χ2n) is 5.61. The van der Waals surface area contributed by atoms with Crippen molar-refractivity contribution >= 4 is 0 Å². The van der Waals surface area contributed by atoms with Crippen molar-refractivity contribution in [1.82, 2.24) is 0 Å². The van der Waals surface area contributed by atoms with Crippen LogP contribution in [0.25, 0.3) is 0 Å². The number of aryl methyl sites for hydroxylation is 1. The van der Waals surface area contributed by atoms with Gasteiger partial charge in [0.05, 0.1) is 24.9 Å². The quantitative estimate of drug-likeness (QED) is 0.908. The predicted octanol–water partition coefficient (Wildman–Crippen LogP) is 3.00. The maximum Gasteiger partial charge on any atom is 0.102 e. The number of rotatable bonds is 4. The van der Waals surface area contributed by atoms with Crippen LogP contribution in [0.2, 0.25) is 0 Å². The fourth-order valence-corrected chi connectivity index (χ4v) is 2.68. The topological polar surface area (TPSA) is 38.7 Å². The van der Waals surface area contributed by atoms with Crippen LogP contribution in [-0.4, -0.2) is 30.0 Å². The second kappa shape index (κ2) is 6.51. The summed E-state index contributed by atoms with van der Waals surface area (Å²) >= 11 is 0. The highest BCUT2D eigenvalue weighted by Gasteiger charge is 2.25. The van der Waals surface area contributed by atoms with E-state index in [9.17, 15) is 5.11 Å². The molecule has 1 aliphatic heterocycles. The molecule has 1 heterocycles. The van der Waals surface area contributed by atoms with E-state index >= 15 is 0 Å². The number of ether oxygens (including phenoxy) is 2. The van der Waals surface area contributed by atoms with E-state index in [1.807, 2.05) is 31.2 Å². The standard InChI is InChI=1S/C16H24O3/c1-11-5-4-6-14(7-11)16(17)10-18-15-8-12(2)19-13(3)9-15/h4-7,12-13,15-17H,8-10H2,1-3H3. The van der Waals surface area contributed by atoms with E-state index in [1.54, 1.807) is 0 Å². The Balaban J connectivity index is 1.84. The number of hydrogen-bond donors (Lipinski definition) is 1. The van der Waals surface area contributed by atoms with Crippen molar-refractivity contribution in [3.63, 3.8) is 0 Å². The van der Waals surface area contributed by atoms with Crippen LogP contribution in [0.15, 0.2) is 24.3 Å². The van der Waals surface area contributed by atoms with Crippen LogP contribution in [0.3, 0.4) is 0 Å². The first kappa shape index (κ1) is 14.5. The Morgan fingerprint density at radius 2 is 2.00 bits per heavy atom. The zero-order valence-corrected chi connectivity index (χ0v) is 12.0. The molecule has 3 unspecified atom stereocenters. The van der Waals surface area contributed by atoms with Gasteiger partial charge in [0, 0.05) is 0 Å². The minimum absolute atomic E-state index is 0.193. The molecular weight excluding hydrogens is 240 g/mol. The molecular formula is C16H24O3. The molecule has 1 fully saturated rings. The summed E-state index contributed by atoms with van der Waals surface area (Å²) in [7, 11) is 0. The van der Waals surface area contributed by atoms with Crippen LogP contribution in [0.5, 0.6) is 0 Å². The summed E-state index contributed by atoms with van der Waals surface area (Å²) in [6, 6.07) is 7.94. The number of hydrogen-bond acceptors (Lipinski definition) is 3. The zero-order chi connectivity index (χ0) is 13.8. The molecule has 3 heteroatoms. The Morgan fingerprint density at radius 3 is 2.63 bits per heavy atom. The van der Waals surface area contributed by atoms with Crippen molar-refractivity contribution in [2.24, 2.45) is 0 Å². The van der Waals surface area contributed by atoms with Gasteiger partial charge >= 0.3 is 0 Å². The van der Waals surface area contributed by atoms with Gasteiger partial charge in [-0.25, -0.2) is 0 Å². The maximum absolute atomic E-state index is 10.2. The molecule has 0 bridgehead atoms. The molecule has 3 atom stereocenters. The third kappa shape index (κ3) is 4.30. The van der Waals surface area contributed by atoms with Gasteiger partial charge in [-0.3, -0.25) is 0 Å². The van der Waals surface area contributed by atoms with Crippen molar-refractivity contribution in [2.45, 2.75) is 58.0 Å². The Morgan fingerprint density at radius 1 is 1.32 bits per heavy atom. The van der Waals surface area contributed by atoms with Crippen molar-refractivity contribution in [3.8, 4) is 0 Å². The molecule has 1 saturated heterocycles. The first-order valence-electron chi connectivity index (χ1n) is 7.06. The molecule has 1 aliphatic rings. The summed E-state index contributed by atoms with van der Waals surface area (Å²) in [5.74, 6) is 0. The fraction of sp³-hybridized carbons (Fsp3) is 0.625. The first-order valence-corrected chi connectivity index (χ1v) is 7.06. The van der Waals surface area contributed by atoms with E-state index < -0.39 is 6.10 Å². The molecule has 19 heavy (non-hydrogen) atoms. The molecule has 0 saturated carbocycles. The van der Waals surface area contributed by atoms with Gasteiger partial charge in [-0.2, -0.15) is 0 Å². The van der Waals surface area contributed by atoms with E-state index in [2.05, 4.69) is 13.8 Å². The zero-order valence-electron chi connectivity index (χ0n) is 12.0. The minimum atomic E-state index is -0.548. The summed E-state index contributed by atoms with van der Waals surface area (Å²) in [6.45, 7) is 6.53. The van der Waals surface area contributed by atoms with Crippen LogP contribution in [0, 0.1) is 6.92 Å². The normalized spacial score (nSPS) is 29.2. The van der Waals surface area contributed by atoms with E-state index in [1.165, 1.54) is 0 Å². The van der Waals surface area contributed by atoms with Gasteiger partial charge < -0.3 is 14.6 Å². The molecule has 0 aromatic heterocycles. The maximum atomic E-state index is 10.2. The molecule has 3 nitrogen and oxygen atoms in total. The van der Waals surface area contributed by atoms with Crippen LogP contribution < -0.4 is 0 Å². The lowest BCUT2D eigenvalue weighted by atomic mass is 10.0. The average Bonchev–Trinajstić information content (AvgIpc) is 2.35. The Hall–Kier alpha value is -0.900. The van der Waals surface area contributed by atoms with Gasteiger partial charge in [0.15, 0.2) is 0 Å². The smallest absolute Gasteiger partial charge is 0.102 e. The first-order chi connectivity index (χ1) is 9.04. The number of aliphatic hydroxyl groups excluding tert-OH is 1. The average molecular weight is 264 g/mol. The summed E-state index contributed by atoms with van der Waals surface area (Å²) in [6.07, 6.45) is 1.94. The minimum Gasteiger partial charge on any atom is -0.386 e. The molecule has 0 radical (unpaired) electrons. The number of aliphatic hydroxyl groups is 1. The largest absolute Gasteiger partial charge is 0.386 e. The van der Waals surface area contributed by atoms with Crippen molar-refractivity contribution < 1.29 is 14.6 Å². The van der Waals surface area contributed by atoms with Gasteiger partial charge in [0.25, 0.3) is 0 Å². The summed E-state index contributed by atoms with van der Waals surface area (Å²) in [5, 5.41) is 10.2. The summed E-state index contributed by atoms with van der Waals surface area (Å²) in [5.41, 5.74) is 2.08. The third-order valence-electron chi connectivity index (χ3n) is 3.57. The van der Waals surface area contributed by atoms with Crippen LogP contribution in [0.4, 0.5) is 0 Å². The molecule has 0 amide bonds. The van der Waals surface area contributed by atoms with E-state index in [0.29, 0.717) is 6.61 Å². The van der Waals surface area contributed by atoms with Crippen molar-refractivity contribution in [1.29, 1.82) is 0 Å². The van der Waals surface area contributed by atoms with Crippen LogP contribution in [-0.2, 0) is 9.47 Å². The second-order valence-corrected chi connectivity index (χ2v) is 5.61. The lowest BCUT2D eigenvalue weighted by molar-refractivity contribution is -0.113. The highest BCUT2D eigenvalue weighted by atomic mass is 16.5. The van der Waals surface area contributed by atoms with Gasteiger partial charge in [-0.05, 0) is 39.2 Å². The Bertz CT molecular complexity index is 395. The van der Waals surface area contributed by atoms with Gasteiger partial charge in [0.1, 0.15) is 6.10 Å². The van der Waals surface area contributed by atoms with Crippen molar-refractivity contribution in [3.05, 3.63) is 35.4 Å². The Kier molecular flexibility index (Phi) is 4.97. The Labute approximate surface area is 115 Å². The molecule has 1 aromatic carbocycles. The van der Waals surface area contributed by atoms with Crippen LogP contribution in [0.1, 0.15) is 43.9 Å². The third-order valence-corrected chi connectivity index (χ3v) is 3.57. The van der Waals surface area contributed by atoms with E-state index in [4.69, 9.17) is 9.47 Å². The van der Waals surface area contributed by atoms with Gasteiger partial charge in [-0.15, -0.1) is 0 Å². The predicted molar refractivity (Wildman–Crippen MR) is 75.1 cm³/mol. The van der Waals surface area contributed by atoms with Crippen LogP contribution >= 0.6 is 0 Å². The highest BCUT2D eigenvalue weighted by molar-refractivity contribution is 5.24. The molecule has 0 aliphatic carbocycles. The fourth-order valence-electron chi connectivity index (χ4n) is 2.68. The lowest BCUT2D eigenvalue weighted by Gasteiger charge is -2.32. The summed E-state index contributed by atoms with van der Waals surface area (Å²) < 4.78 is 11.5. The molecule has 106 valence electrons. The number of benzene rings is 1. The van der Waals surface area contributed by atoms with E-state index in [-0.39, 0.29) is 18.3 Å². The SMILES string of the molecule is Cc1cccc(C(O)COC2CC(C)OC(C)C2)c1. The molecule has 1 N–H and O–H groups in total. The summed E-state index contributed by atoms with van der Waals surface area (Å²) in [4.78, 5) is 0. The van der Waals surface area contributed by atoms with Crippen molar-refractivity contribution in [2.75, 3.05) is 6.61 Å². The van der Waals surface area contributed by atoms with Gasteiger partial charge in [-0.1, -0.05) is 29.8 Å². The molecule has 0 spiro atoms. The lowest BCUT2D eigenvalue weighted by Crippen LogP contribution is -2.34. The van der Waals surface area contributed by atoms with Gasteiger partial charge in [0.2, 0.25) is 0 Å². The monoisotopic (exact) mass is 264 g/mol. The van der Waals surface area contributed by atoms with E-state index in [0.717, 1.165) is 24.0 Å². The highest BCUT2D eigenvalue weighted by Crippen LogP contribution is 2.23.